The summed E-state index contributed by atoms with van der Waals surface area (Å²) in [5.41, 5.74) is 60.3. The Morgan fingerprint density at radius 1 is 0.252 bits per heavy atom. The van der Waals surface area contributed by atoms with E-state index in [1.807, 2.05) is 57.8 Å². The second-order valence-corrected chi connectivity index (χ2v) is 82.0. The van der Waals surface area contributed by atoms with E-state index in [1.165, 1.54) is 30.1 Å². The maximum absolute atomic E-state index is 14.5. The first-order valence-corrected chi connectivity index (χ1v) is 59.9. The van der Waals surface area contributed by atoms with Crippen molar-refractivity contribution in [3.8, 4) is 0 Å². The number of fused-ring (bicyclic) bond motifs is 3. The smallest absolute Gasteiger partial charge is 0.0813 e. The van der Waals surface area contributed by atoms with Crippen LogP contribution >= 0.6 is 0 Å². The summed E-state index contributed by atoms with van der Waals surface area (Å²) in [6, 6.07) is 0. The summed E-state index contributed by atoms with van der Waals surface area (Å²) in [6.07, 6.45) is 30.3. The Morgan fingerprint density at radius 3 is 1.53 bits per heavy atom. The van der Waals surface area contributed by atoms with Crippen LogP contribution in [0.5, 0.6) is 0 Å². The van der Waals surface area contributed by atoms with Crippen LogP contribution in [0.3, 0.4) is 0 Å². The van der Waals surface area contributed by atoms with Crippen LogP contribution in [0.1, 0.15) is 227 Å². The lowest BCUT2D eigenvalue weighted by Crippen LogP contribution is -3.57. The fourth-order valence-electron chi connectivity index (χ4n) is 143. The molecule has 2 heteroatoms. The minimum absolute atomic E-state index is 0.330. The molecule has 74 rings (SSSR count). The average Bonchev–Trinajstić information content (AvgIpc) is 1.14. The molecule has 0 amide bonds. The highest BCUT2D eigenvalue weighted by Crippen LogP contribution is 3.95. The van der Waals surface area contributed by atoms with Crippen molar-refractivity contribution in [1.29, 1.82) is 0 Å². The van der Waals surface area contributed by atoms with Gasteiger partial charge in [0.25, 0.3) is 0 Å². The zero-order valence-electron chi connectivity index (χ0n) is 76.3. The van der Waals surface area contributed by atoms with Gasteiger partial charge < -0.3 is 0 Å². The molecule has 604 valence electrons. The molecule has 88 atom stereocenters. The maximum Gasteiger partial charge on any atom is 0.0813 e. The van der Waals surface area contributed by atoms with Gasteiger partial charge in [-0.3, -0.25) is 0 Å². The normalized spacial score (nSPS) is 134. The van der Waals surface area contributed by atoms with Gasteiger partial charge >= 0.3 is 0 Å². The summed E-state index contributed by atoms with van der Waals surface area (Å²) in [5.74, 6) is 5.75. The van der Waals surface area contributed by atoms with E-state index in [0.717, 1.165) is 298 Å². The standard InChI is InChI=1S/C125H93NO/c1-36(19-22-126-127)57-24-43(6)41(2,3)74-50(43,13)82-49(12)42(4,5)75-51(14)44(7)25-61-27-46(9)72(61)40-70-39-48(11)80-98(70)69(39)38-37-23-58-31-64-32-60-34-68-65-21-20-56-28-59-33-66-45(8)26-62(30-57)84-54(66,17)89-85(66,53(59,65)16)95(65)97(68)94-63(29-56,91(56,59)68)35-67(60,94)96-93(60,64)104-78(71(37,58)69)47(38,10)79(98,104)105(80)113(104)90-55(78,18)83(58,64)108(90,96)122-115(94,96)116(97)111(89,95)123-109(84,89)110-87(75)52(49,15)88(82,110)103(84,77(45,82)92(57,62)74)117(123)102(74)118(110)112(87)101(75)86(51)76(44,61)73(40,46)100(86)99(70,72)81(48)106(80)120(105,122)125(118,121(106,112)107(81,100)101)119(102,113)114(90,117)124(116,122)123/h36-40H,19-35H2,1-18H3/t36?,37-,38?,39?,40?,43?,44?,45?,46?,47?,48?,49?,50?,51?,52?,53?,54?,55?,56?,57?,58?,59?,60?,61?,62?,63?,64?,65?,66?,67?,68?,69?,70?,71?,72?,73?,74?,75?,76?,77?,78?,79?,80?,81?,82?,83?,84?,85?,86?,87?,88?,89?,90?,91?,92?,93?,94?,95?,96?,97?,98?,99?,100?,101?,102?,103?,104?,105?,106?,107?,108?,109?,110?,111?,112?,113?,114?,115?,116?,117?,118?,119?,120?,121?,122?,123?,124?,125?/m1/s1. The van der Waals surface area contributed by atoms with Crippen molar-refractivity contribution in [3.05, 3.63) is 238 Å². The van der Waals surface area contributed by atoms with E-state index < -0.39 is 0 Å². The van der Waals surface area contributed by atoms with E-state index in [1.54, 1.807) is 12.8 Å². The summed E-state index contributed by atoms with van der Waals surface area (Å²) < 4.78 is 0. The number of nitroso groups, excluding NO2 is 1. The second-order valence-electron chi connectivity index (χ2n) is 82.0. The van der Waals surface area contributed by atoms with Crippen LogP contribution in [0.25, 0.3) is 0 Å². The third kappa shape index (κ3) is 0.927. The first kappa shape index (κ1) is 47.7. The molecule has 0 radical (unpaired) electrons. The molecule has 0 aromatic carbocycles. The summed E-state index contributed by atoms with van der Waals surface area (Å²) in [7, 11) is 0. The Labute approximate surface area is 728 Å². The zero-order chi connectivity index (χ0) is 77.1. The van der Waals surface area contributed by atoms with Crippen LogP contribution in [-0.2, 0) is 0 Å². The van der Waals surface area contributed by atoms with Crippen molar-refractivity contribution >= 4 is 0 Å². The van der Waals surface area contributed by atoms with Gasteiger partial charge in [-0.05, 0) is 593 Å². The lowest BCUT2D eigenvalue weighted by Gasteiger charge is -3.63. The van der Waals surface area contributed by atoms with E-state index in [9.17, 15) is 4.91 Å². The summed E-state index contributed by atoms with van der Waals surface area (Å²) >= 11 is 0. The van der Waals surface area contributed by atoms with Crippen molar-refractivity contribution in [3.63, 3.8) is 0 Å². The van der Waals surface area contributed by atoms with E-state index in [4.69, 9.17) is 0 Å². The molecule has 2 nitrogen and oxygen atoms in total. The van der Waals surface area contributed by atoms with Crippen molar-refractivity contribution < 1.29 is 0 Å². The Kier molecular flexibility index (Phi) is 2.49. The van der Waals surface area contributed by atoms with Crippen molar-refractivity contribution in [2.75, 3.05) is 6.54 Å². The van der Waals surface area contributed by atoms with E-state index in [0.29, 0.717) is 175 Å². The van der Waals surface area contributed by atoms with Gasteiger partial charge in [-0.2, -0.15) is 4.91 Å². The number of hydrogen-bond donors (Lipinski definition) is 0. The molecule has 0 aromatic heterocycles. The number of rotatable bonds is 4. The number of hydrogen-bond acceptors (Lipinski definition) is 2. The Morgan fingerprint density at radius 2 is 0.772 bits per heavy atom. The molecule has 0 N–H and O–H groups in total. The molecule has 74 aliphatic carbocycles. The van der Waals surface area contributed by atoms with Gasteiger partial charge in [0.15, 0.2) is 0 Å². The monoisotopic (exact) mass is 1620 g/mol. The lowest BCUT2D eigenvalue weighted by molar-refractivity contribution is -0.821. The molecule has 0 aromatic rings. The van der Waals surface area contributed by atoms with Crippen LogP contribution in [0, 0.1) is 495 Å². The average molecular weight is 1630 g/mol. The maximum atomic E-state index is 14.5. The fourth-order valence-corrected chi connectivity index (χ4v) is 143. The third-order valence-electron chi connectivity index (χ3n) is 109. The Bertz CT molecular complexity index is 9920. The van der Waals surface area contributed by atoms with Crippen LogP contribution < -0.4 is 0 Å². The van der Waals surface area contributed by atoms with Gasteiger partial charge in [-0.25, -0.2) is 0 Å². The Balaban J connectivity index is 0.707. The van der Waals surface area contributed by atoms with Crippen molar-refractivity contribution in [1.82, 2.24) is 0 Å². The number of nitrogens with zero attached hydrogens (tertiary/aromatic N) is 1. The highest BCUT2D eigenvalue weighted by atomic mass is 16.3. The van der Waals surface area contributed by atoms with Crippen LogP contribution in [0.15, 0.2) is 5.18 Å². The Hall–Kier alpha value is -0.400. The summed E-state index contributed by atoms with van der Waals surface area (Å²) in [4.78, 5) is 14.5. The minimum Gasteiger partial charge on any atom is -0.151 e. The molecule has 67 spiro atoms. The van der Waals surface area contributed by atoms with Gasteiger partial charge in [-0.15, -0.1) is 0 Å². The highest BCUT2D eigenvalue weighted by molar-refractivity contribution is 6.98. The van der Waals surface area contributed by atoms with Crippen LogP contribution in [0.2, 0.25) is 0 Å². The fraction of sp³-hybridized carbons (Fsp3) is 1.00. The molecule has 87 unspecified atom stereocenters. The van der Waals surface area contributed by atoms with Gasteiger partial charge in [0, 0.05) is 0 Å². The molecule has 23 bridgehead atoms. The van der Waals surface area contributed by atoms with E-state index >= 15 is 0 Å². The van der Waals surface area contributed by atoms with E-state index in [2.05, 4.69) is 155 Å². The summed E-state index contributed by atoms with van der Waals surface area (Å²) in [5, 5.41) is 4.50. The first-order valence-electron chi connectivity index (χ1n) is 59.9. The van der Waals surface area contributed by atoms with Crippen molar-refractivity contribution in [2.24, 2.45) is 262 Å². The predicted molar refractivity (Wildman–Crippen MR) is 446 cm³/mol. The predicted octanol–water partition coefficient (Wildman–Crippen LogP) is 19.8. The SMILES string of the molecule is CC(CCN=O)C12CC3(C)C(C)(C)C45C3(C)C36C7(C)C(C)(C)C89C%10(C)C%11(C)CC%12%13CC%14(C)C%12%15C%12C%16%17C%18C%19(C)C%20%21C%16%22C%18%16C%18[C@H]%23CC%24%25CC%26%27CC%28%29CC%30%31C%32%33CCC%34%35CC%36%37CC%38%39C%40(C)CC%41(C1)C24C%403C12C%413C%38(C)C4%38C%39(C%36%32C)C%33%32C%30%33C%30%36C(C%34)(CC%28%30C%28%30C%29%26C%26%29C%34(C%18(C)C%22%26C%20%18C%29%20C%22%26C%34(C)C%24%27C%22%28C%22%24C%36%30C%33%27C4%32C4%28C3%38C3%29C61C7(C)C83C13C96C%107C%11%13C%12%14C78C%17%15C%197C%219C1(C786)C1(C%293C53C24C%26(C3%201)C%27%22%28)C%189%24)C%23%25%16)C%35%37%31. The molecule has 74 saturated carbocycles. The quantitative estimate of drug-likeness (QED) is 0.258. The van der Waals surface area contributed by atoms with Crippen LogP contribution in [-0.4, -0.2) is 6.54 Å². The lowest BCUT2D eigenvalue weighted by atomic mass is 8.38. The van der Waals surface area contributed by atoms with Crippen molar-refractivity contribution in [2.45, 2.75) is 227 Å². The molecule has 0 heterocycles. The largest absolute Gasteiger partial charge is 0.151 e. The second kappa shape index (κ2) is 6.62. The molecule has 127 heavy (non-hydrogen) atoms. The van der Waals surface area contributed by atoms with E-state index in [-0.39, 0.29) is 0 Å². The minimum atomic E-state index is 0.330. The first-order chi connectivity index (χ1) is 60.6. The molecule has 0 saturated heterocycles. The van der Waals surface area contributed by atoms with Gasteiger partial charge in [0.05, 0.1) is 6.54 Å². The topological polar surface area (TPSA) is 29.4 Å². The molecular formula is C125H93NO. The molecular weight excluding hydrogens is 1530 g/mol. The molecule has 74 aliphatic rings. The highest BCUT2D eigenvalue weighted by Gasteiger charge is 3.89. The van der Waals surface area contributed by atoms with Gasteiger partial charge in [0.2, 0.25) is 0 Å². The summed E-state index contributed by atoms with van der Waals surface area (Å²) in [6.45, 7) is 69.1. The molecule has 74 fully saturated rings. The van der Waals surface area contributed by atoms with Crippen LogP contribution in [0.4, 0.5) is 0 Å². The molecule has 0 aliphatic heterocycles. The van der Waals surface area contributed by atoms with Gasteiger partial charge in [-0.1, -0.05) is 130 Å². The van der Waals surface area contributed by atoms with Gasteiger partial charge in [0.1, 0.15) is 0 Å². The zero-order valence-corrected chi connectivity index (χ0v) is 76.3. The third-order valence-corrected chi connectivity index (χ3v) is 109.